The predicted molar refractivity (Wildman–Crippen MR) is 85.5 cm³/mol. The van der Waals surface area contributed by atoms with Gasteiger partial charge in [-0.1, -0.05) is 32.3 Å². The largest absolute Gasteiger partial charge is 0.494 e. The van der Waals surface area contributed by atoms with Gasteiger partial charge in [-0.3, -0.25) is 0 Å². The number of hydrogen-bond donors (Lipinski definition) is 1. The van der Waals surface area contributed by atoms with Gasteiger partial charge in [0.05, 0.1) is 6.61 Å². The molecule has 20 heavy (non-hydrogen) atoms. The molecule has 3 nitrogen and oxygen atoms in total. The highest BCUT2D eigenvalue weighted by Crippen LogP contribution is 2.26. The van der Waals surface area contributed by atoms with Crippen molar-refractivity contribution in [2.24, 2.45) is 11.7 Å². The van der Waals surface area contributed by atoms with Crippen molar-refractivity contribution in [2.45, 2.75) is 39.0 Å². The first kappa shape index (κ1) is 15.2. The van der Waals surface area contributed by atoms with E-state index in [1.54, 1.807) is 0 Å². The van der Waals surface area contributed by atoms with E-state index in [0.717, 1.165) is 38.4 Å². The summed E-state index contributed by atoms with van der Waals surface area (Å²) in [5.74, 6) is 1.64. The van der Waals surface area contributed by atoms with E-state index in [1.807, 2.05) is 0 Å². The first-order chi connectivity index (χ1) is 9.83. The van der Waals surface area contributed by atoms with E-state index in [4.69, 9.17) is 10.5 Å². The van der Waals surface area contributed by atoms with Crippen molar-refractivity contribution in [1.29, 1.82) is 0 Å². The lowest BCUT2D eigenvalue weighted by atomic mass is 10.1. The molecule has 1 aliphatic rings. The van der Waals surface area contributed by atoms with Gasteiger partial charge in [-0.25, -0.2) is 0 Å². The number of hydrogen-bond acceptors (Lipinski definition) is 3. The predicted octanol–water partition coefficient (Wildman–Crippen LogP) is 3.43. The average Bonchev–Trinajstić information content (AvgIpc) is 2.96. The van der Waals surface area contributed by atoms with E-state index in [0.29, 0.717) is 5.92 Å². The molecule has 1 aromatic rings. The van der Waals surface area contributed by atoms with Crippen LogP contribution in [0.2, 0.25) is 0 Å². The molecule has 3 heteroatoms. The lowest BCUT2D eigenvalue weighted by molar-refractivity contribution is 0.305. The monoisotopic (exact) mass is 276 g/mol. The number of nitrogens with zero attached hydrogens (tertiary/aromatic N) is 1. The van der Waals surface area contributed by atoms with E-state index >= 15 is 0 Å². The molecule has 2 N–H and O–H groups in total. The fourth-order valence-electron chi connectivity index (χ4n) is 2.75. The summed E-state index contributed by atoms with van der Waals surface area (Å²) in [4.78, 5) is 2.42. The number of nitrogens with two attached hydrogens (primary N) is 1. The van der Waals surface area contributed by atoms with Crippen LogP contribution < -0.4 is 15.4 Å². The van der Waals surface area contributed by atoms with Crippen molar-refractivity contribution in [3.63, 3.8) is 0 Å². The van der Waals surface area contributed by atoms with Crippen LogP contribution >= 0.6 is 0 Å². The summed E-state index contributed by atoms with van der Waals surface area (Å²) in [5, 5.41) is 0. The van der Waals surface area contributed by atoms with Crippen LogP contribution in [0.4, 0.5) is 5.69 Å². The molecule has 1 aromatic carbocycles. The lowest BCUT2D eigenvalue weighted by Gasteiger charge is -2.19. The molecule has 0 aliphatic carbocycles. The maximum absolute atomic E-state index is 5.85. The molecule has 1 aliphatic heterocycles. The zero-order valence-corrected chi connectivity index (χ0v) is 12.7. The second kappa shape index (κ2) is 8.15. The Labute approximate surface area is 123 Å². The minimum absolute atomic E-state index is 0.647. The summed E-state index contributed by atoms with van der Waals surface area (Å²) >= 11 is 0. The number of benzene rings is 1. The topological polar surface area (TPSA) is 38.5 Å². The Morgan fingerprint density at radius 2 is 2.20 bits per heavy atom. The minimum atomic E-state index is 0.647. The van der Waals surface area contributed by atoms with Gasteiger partial charge in [-0.05, 0) is 37.4 Å². The molecule has 112 valence electrons. The molecule has 2 rings (SSSR count). The molecule has 0 radical (unpaired) electrons. The van der Waals surface area contributed by atoms with Crippen LogP contribution in [-0.2, 0) is 0 Å². The quantitative estimate of drug-likeness (QED) is 0.739. The summed E-state index contributed by atoms with van der Waals surface area (Å²) in [5.41, 5.74) is 7.03. The first-order valence-electron chi connectivity index (χ1n) is 8.01. The van der Waals surface area contributed by atoms with E-state index in [2.05, 4.69) is 36.1 Å². The van der Waals surface area contributed by atoms with Gasteiger partial charge in [-0.2, -0.15) is 0 Å². The molecule has 1 saturated heterocycles. The highest BCUT2D eigenvalue weighted by atomic mass is 16.5. The fraction of sp³-hybridized carbons (Fsp3) is 0.647. The normalized spacial score (nSPS) is 18.5. The average molecular weight is 276 g/mol. The second-order valence-corrected chi connectivity index (χ2v) is 5.74. The molecule has 0 bridgehead atoms. The standard InChI is InChI=1S/C17H28N2O/c1-2-3-4-5-11-20-17-8-6-7-16(12-17)19-10-9-15(13-18)14-19/h6-8,12,15H,2-5,9-11,13-14,18H2,1H3. The number of rotatable bonds is 8. The molecule has 1 unspecified atom stereocenters. The molecule has 1 fully saturated rings. The van der Waals surface area contributed by atoms with E-state index in [1.165, 1.54) is 31.4 Å². The Bertz CT molecular complexity index is 394. The van der Waals surface area contributed by atoms with Crippen LogP contribution in [0.25, 0.3) is 0 Å². The van der Waals surface area contributed by atoms with Gasteiger partial charge in [0, 0.05) is 24.8 Å². The van der Waals surface area contributed by atoms with Crippen molar-refractivity contribution in [1.82, 2.24) is 0 Å². The Kier molecular flexibility index (Phi) is 6.19. The SMILES string of the molecule is CCCCCCOc1cccc(N2CCC(CN)C2)c1. The van der Waals surface area contributed by atoms with E-state index in [9.17, 15) is 0 Å². The summed E-state index contributed by atoms with van der Waals surface area (Å²) < 4.78 is 5.85. The van der Waals surface area contributed by atoms with Gasteiger partial charge in [0.1, 0.15) is 5.75 Å². The maximum Gasteiger partial charge on any atom is 0.121 e. The molecule has 0 amide bonds. The maximum atomic E-state index is 5.85. The smallest absolute Gasteiger partial charge is 0.121 e. The summed E-state index contributed by atoms with van der Waals surface area (Å²) in [6, 6.07) is 8.48. The Hall–Kier alpha value is -1.22. The molecular weight excluding hydrogens is 248 g/mol. The van der Waals surface area contributed by atoms with Gasteiger partial charge in [0.2, 0.25) is 0 Å². The van der Waals surface area contributed by atoms with Gasteiger partial charge >= 0.3 is 0 Å². The van der Waals surface area contributed by atoms with Crippen LogP contribution in [0.3, 0.4) is 0 Å². The van der Waals surface area contributed by atoms with Gasteiger partial charge in [0.15, 0.2) is 0 Å². The summed E-state index contributed by atoms with van der Waals surface area (Å²) in [6.07, 6.45) is 6.19. The van der Waals surface area contributed by atoms with E-state index < -0.39 is 0 Å². The van der Waals surface area contributed by atoms with Crippen molar-refractivity contribution < 1.29 is 4.74 Å². The van der Waals surface area contributed by atoms with Crippen LogP contribution in [0, 0.1) is 5.92 Å². The highest BCUT2D eigenvalue weighted by Gasteiger charge is 2.21. The molecule has 0 spiro atoms. The zero-order chi connectivity index (χ0) is 14.2. The molecule has 1 atom stereocenters. The van der Waals surface area contributed by atoms with E-state index in [-0.39, 0.29) is 0 Å². The van der Waals surface area contributed by atoms with Gasteiger partial charge in [0.25, 0.3) is 0 Å². The Balaban J connectivity index is 1.82. The number of anilines is 1. The van der Waals surface area contributed by atoms with Crippen molar-refractivity contribution >= 4 is 5.69 Å². The number of ether oxygens (including phenoxy) is 1. The minimum Gasteiger partial charge on any atom is -0.494 e. The summed E-state index contributed by atoms with van der Waals surface area (Å²) in [7, 11) is 0. The van der Waals surface area contributed by atoms with Gasteiger partial charge < -0.3 is 15.4 Å². The second-order valence-electron chi connectivity index (χ2n) is 5.74. The third-order valence-corrected chi connectivity index (χ3v) is 4.07. The highest BCUT2D eigenvalue weighted by molar-refractivity contribution is 5.51. The molecule has 0 saturated carbocycles. The lowest BCUT2D eigenvalue weighted by Crippen LogP contribution is -2.22. The van der Waals surface area contributed by atoms with Crippen LogP contribution in [0.1, 0.15) is 39.0 Å². The Morgan fingerprint density at radius 1 is 1.30 bits per heavy atom. The summed E-state index contributed by atoms with van der Waals surface area (Å²) in [6.45, 7) is 6.05. The third kappa shape index (κ3) is 4.41. The van der Waals surface area contributed by atoms with Crippen molar-refractivity contribution in [2.75, 3.05) is 31.1 Å². The molecule has 0 aromatic heterocycles. The van der Waals surface area contributed by atoms with Crippen LogP contribution in [0.5, 0.6) is 5.75 Å². The van der Waals surface area contributed by atoms with Crippen LogP contribution in [0.15, 0.2) is 24.3 Å². The van der Waals surface area contributed by atoms with Crippen LogP contribution in [-0.4, -0.2) is 26.2 Å². The third-order valence-electron chi connectivity index (χ3n) is 4.07. The molecular formula is C17H28N2O. The first-order valence-corrected chi connectivity index (χ1v) is 8.01. The van der Waals surface area contributed by atoms with Crippen molar-refractivity contribution in [3.05, 3.63) is 24.3 Å². The van der Waals surface area contributed by atoms with Gasteiger partial charge in [-0.15, -0.1) is 0 Å². The Morgan fingerprint density at radius 3 is 2.95 bits per heavy atom. The fourth-order valence-corrected chi connectivity index (χ4v) is 2.75. The zero-order valence-electron chi connectivity index (χ0n) is 12.7. The molecule has 1 heterocycles. The van der Waals surface area contributed by atoms with Crippen molar-refractivity contribution in [3.8, 4) is 5.75 Å². The number of unbranched alkanes of at least 4 members (excludes halogenated alkanes) is 3.